The fraction of sp³-hybridized carbons (Fsp3) is 0.364. The molecule has 2 aromatic heterocycles. The van der Waals surface area contributed by atoms with Crippen LogP contribution in [0.1, 0.15) is 6.92 Å². The Kier molecular flexibility index (Phi) is 5.75. The molecule has 3 aromatic rings. The van der Waals surface area contributed by atoms with Crippen molar-refractivity contribution in [2.75, 3.05) is 57.0 Å². The predicted molar refractivity (Wildman–Crippen MR) is 120 cm³/mol. The topological polar surface area (TPSA) is 86.1 Å². The number of aromatic nitrogens is 3. The van der Waals surface area contributed by atoms with Crippen molar-refractivity contribution in [3.8, 4) is 11.3 Å². The number of imidazole rings is 1. The van der Waals surface area contributed by atoms with Gasteiger partial charge in [0, 0.05) is 70.8 Å². The Morgan fingerprint density at radius 1 is 1.06 bits per heavy atom. The lowest BCUT2D eigenvalue weighted by atomic mass is 10.1. The van der Waals surface area contributed by atoms with E-state index in [0.29, 0.717) is 31.8 Å². The Morgan fingerprint density at radius 2 is 1.74 bits per heavy atom. The molecule has 0 saturated carbocycles. The van der Waals surface area contributed by atoms with Gasteiger partial charge in [-0.15, -0.1) is 0 Å². The first kappa shape index (κ1) is 20.6. The molecule has 1 saturated heterocycles. The van der Waals surface area contributed by atoms with Gasteiger partial charge in [0.15, 0.2) is 5.65 Å². The number of benzene rings is 1. The lowest BCUT2D eigenvalue weighted by Crippen LogP contribution is -2.51. The monoisotopic (exact) mass is 421 g/mol. The number of fused-ring (bicyclic) bond motifs is 1. The molecule has 2 amide bonds. The smallest absolute Gasteiger partial charge is 0.242 e. The number of nitrogens with one attached hydrogen (secondary N) is 1. The highest BCUT2D eigenvalue weighted by Crippen LogP contribution is 2.29. The number of carbonyl (C=O) groups excluding carboxylic acids is 2. The van der Waals surface area contributed by atoms with Crippen LogP contribution in [-0.2, 0) is 9.59 Å². The summed E-state index contributed by atoms with van der Waals surface area (Å²) < 4.78 is 1.91. The van der Waals surface area contributed by atoms with Gasteiger partial charge in [0.25, 0.3) is 0 Å². The summed E-state index contributed by atoms with van der Waals surface area (Å²) in [6, 6.07) is 8.14. The third-order valence-corrected chi connectivity index (χ3v) is 5.57. The van der Waals surface area contributed by atoms with Crippen molar-refractivity contribution in [1.29, 1.82) is 0 Å². The van der Waals surface area contributed by atoms with Gasteiger partial charge in [-0.3, -0.25) is 19.0 Å². The molecule has 0 radical (unpaired) electrons. The summed E-state index contributed by atoms with van der Waals surface area (Å²) in [6.45, 7) is 3.97. The maximum Gasteiger partial charge on any atom is 0.242 e. The highest BCUT2D eigenvalue weighted by Gasteiger charge is 2.23. The van der Waals surface area contributed by atoms with Crippen molar-refractivity contribution >= 4 is 29.0 Å². The van der Waals surface area contributed by atoms with Gasteiger partial charge in [-0.1, -0.05) is 12.1 Å². The molecule has 4 rings (SSSR count). The standard InChI is InChI=1S/C22H27N7O2/c1-16(30)27-10-12-28(13-11-27)20(31)15-24-22-21(25-19-14-23-8-9-29(19)22)17-4-6-18(7-5-17)26(2)3/h4-9,14,24H,10-13,15H2,1-3H3. The van der Waals surface area contributed by atoms with E-state index in [0.717, 1.165) is 22.8 Å². The number of rotatable bonds is 5. The van der Waals surface area contributed by atoms with Gasteiger partial charge >= 0.3 is 0 Å². The van der Waals surface area contributed by atoms with Crippen LogP contribution in [0, 0.1) is 0 Å². The molecule has 0 unspecified atom stereocenters. The van der Waals surface area contributed by atoms with E-state index in [9.17, 15) is 9.59 Å². The summed E-state index contributed by atoms with van der Waals surface area (Å²) in [6.07, 6.45) is 5.23. The van der Waals surface area contributed by atoms with Crippen molar-refractivity contribution in [3.05, 3.63) is 42.9 Å². The van der Waals surface area contributed by atoms with Gasteiger partial charge < -0.3 is 20.0 Å². The average molecular weight is 422 g/mol. The molecule has 1 aromatic carbocycles. The van der Waals surface area contributed by atoms with Crippen LogP contribution in [0.4, 0.5) is 11.5 Å². The minimum atomic E-state index is 0.00103. The van der Waals surface area contributed by atoms with E-state index >= 15 is 0 Å². The van der Waals surface area contributed by atoms with E-state index in [4.69, 9.17) is 4.98 Å². The molecule has 31 heavy (non-hydrogen) atoms. The SMILES string of the molecule is CC(=O)N1CCN(C(=O)CNc2c(-c3ccc(N(C)C)cc3)nc3cnccn23)CC1. The summed E-state index contributed by atoms with van der Waals surface area (Å²) in [5.74, 6) is 0.807. The average Bonchev–Trinajstić information content (AvgIpc) is 3.16. The number of nitrogens with zero attached hydrogens (tertiary/aromatic N) is 6. The second-order valence-corrected chi connectivity index (χ2v) is 7.80. The van der Waals surface area contributed by atoms with Crippen LogP contribution in [0.25, 0.3) is 16.9 Å². The Morgan fingerprint density at radius 3 is 2.39 bits per heavy atom. The molecule has 0 bridgehead atoms. The van der Waals surface area contributed by atoms with E-state index in [-0.39, 0.29) is 18.4 Å². The van der Waals surface area contributed by atoms with Gasteiger partial charge in [-0.05, 0) is 12.1 Å². The Labute approximate surface area is 181 Å². The zero-order valence-corrected chi connectivity index (χ0v) is 18.1. The molecule has 1 fully saturated rings. The lowest BCUT2D eigenvalue weighted by molar-refractivity contribution is -0.137. The molecular formula is C22H27N7O2. The number of amides is 2. The Hall–Kier alpha value is -3.62. The molecule has 162 valence electrons. The first-order chi connectivity index (χ1) is 14.9. The number of hydrogen-bond donors (Lipinski definition) is 1. The van der Waals surface area contributed by atoms with E-state index < -0.39 is 0 Å². The van der Waals surface area contributed by atoms with E-state index in [2.05, 4.69) is 10.3 Å². The number of hydrogen-bond acceptors (Lipinski definition) is 6. The molecule has 3 heterocycles. The van der Waals surface area contributed by atoms with Crippen LogP contribution in [-0.4, -0.2) is 82.8 Å². The highest BCUT2D eigenvalue weighted by molar-refractivity contribution is 5.84. The molecule has 1 aliphatic heterocycles. The van der Waals surface area contributed by atoms with Crippen LogP contribution in [0.2, 0.25) is 0 Å². The fourth-order valence-electron chi connectivity index (χ4n) is 3.74. The van der Waals surface area contributed by atoms with Gasteiger partial charge in [-0.25, -0.2) is 4.98 Å². The summed E-state index contributed by atoms with van der Waals surface area (Å²) >= 11 is 0. The number of anilines is 2. The largest absolute Gasteiger partial charge is 0.378 e. The normalized spacial score (nSPS) is 14.0. The van der Waals surface area contributed by atoms with Gasteiger partial charge in [-0.2, -0.15) is 0 Å². The summed E-state index contributed by atoms with van der Waals surface area (Å²) in [5, 5.41) is 3.29. The zero-order chi connectivity index (χ0) is 22.0. The maximum absolute atomic E-state index is 12.8. The van der Waals surface area contributed by atoms with Crippen LogP contribution in [0.15, 0.2) is 42.9 Å². The van der Waals surface area contributed by atoms with Crippen molar-refractivity contribution in [2.45, 2.75) is 6.92 Å². The minimum absolute atomic E-state index is 0.00103. The lowest BCUT2D eigenvalue weighted by Gasteiger charge is -2.34. The molecule has 9 heteroatoms. The van der Waals surface area contributed by atoms with Crippen LogP contribution in [0.3, 0.4) is 0 Å². The van der Waals surface area contributed by atoms with E-state index in [1.165, 1.54) is 0 Å². The molecule has 0 aliphatic carbocycles. The number of piperazine rings is 1. The van der Waals surface area contributed by atoms with Crippen LogP contribution in [0.5, 0.6) is 0 Å². The second kappa shape index (κ2) is 8.63. The third kappa shape index (κ3) is 4.30. The fourth-order valence-corrected chi connectivity index (χ4v) is 3.74. The Balaban J connectivity index is 1.54. The van der Waals surface area contributed by atoms with Crippen molar-refractivity contribution < 1.29 is 9.59 Å². The zero-order valence-electron chi connectivity index (χ0n) is 18.1. The van der Waals surface area contributed by atoms with E-state index in [1.807, 2.05) is 53.9 Å². The van der Waals surface area contributed by atoms with Crippen molar-refractivity contribution in [2.24, 2.45) is 0 Å². The third-order valence-electron chi connectivity index (χ3n) is 5.57. The van der Waals surface area contributed by atoms with Crippen molar-refractivity contribution in [1.82, 2.24) is 24.2 Å². The van der Waals surface area contributed by atoms with E-state index in [1.54, 1.807) is 29.1 Å². The molecule has 0 atom stereocenters. The summed E-state index contributed by atoms with van der Waals surface area (Å²) in [4.78, 5) is 38.8. The molecule has 1 N–H and O–H groups in total. The summed E-state index contributed by atoms with van der Waals surface area (Å²) in [5.41, 5.74) is 3.54. The molecule has 0 spiro atoms. The minimum Gasteiger partial charge on any atom is -0.378 e. The quantitative estimate of drug-likeness (QED) is 0.673. The molecule has 9 nitrogen and oxygen atoms in total. The maximum atomic E-state index is 12.8. The summed E-state index contributed by atoms with van der Waals surface area (Å²) in [7, 11) is 4.00. The molecule has 1 aliphatic rings. The Bertz CT molecular complexity index is 1080. The highest BCUT2D eigenvalue weighted by atomic mass is 16.2. The second-order valence-electron chi connectivity index (χ2n) is 7.80. The number of carbonyl (C=O) groups is 2. The van der Waals surface area contributed by atoms with Gasteiger partial charge in [0.2, 0.25) is 11.8 Å². The van der Waals surface area contributed by atoms with Crippen molar-refractivity contribution in [3.63, 3.8) is 0 Å². The van der Waals surface area contributed by atoms with Crippen LogP contribution >= 0.6 is 0 Å². The first-order valence-electron chi connectivity index (χ1n) is 10.3. The molecular weight excluding hydrogens is 394 g/mol. The first-order valence-corrected chi connectivity index (χ1v) is 10.3. The van der Waals surface area contributed by atoms with Gasteiger partial charge in [0.1, 0.15) is 11.5 Å². The predicted octanol–water partition coefficient (Wildman–Crippen LogP) is 1.56. The van der Waals surface area contributed by atoms with Crippen LogP contribution < -0.4 is 10.2 Å². The van der Waals surface area contributed by atoms with Gasteiger partial charge in [0.05, 0.1) is 12.7 Å².